The van der Waals surface area contributed by atoms with E-state index in [1.54, 1.807) is 0 Å². The van der Waals surface area contributed by atoms with Crippen molar-refractivity contribution in [2.45, 2.75) is 43.4 Å². The number of nitrogens with zero attached hydrogens (tertiary/aromatic N) is 1. The van der Waals surface area contributed by atoms with Gasteiger partial charge in [0.1, 0.15) is 0 Å². The molecule has 4 unspecified atom stereocenters. The standard InChI is InChI=1S/C14H24N2OS/c1-15-13-7-10-6-11(10)8-16(14(13)17)9-12-4-2-3-5-18-12/h10-13,15H,2-9H2,1H3. The first-order valence-electron chi connectivity index (χ1n) is 7.35. The Hall–Kier alpha value is -0.220. The Morgan fingerprint density at radius 1 is 1.33 bits per heavy atom. The molecule has 0 bridgehead atoms. The summed E-state index contributed by atoms with van der Waals surface area (Å²) in [5.74, 6) is 3.26. The van der Waals surface area contributed by atoms with Gasteiger partial charge in [0.05, 0.1) is 6.04 Å². The van der Waals surface area contributed by atoms with E-state index in [1.165, 1.54) is 31.4 Å². The number of fused-ring (bicyclic) bond motifs is 1. The molecule has 3 nitrogen and oxygen atoms in total. The molecule has 1 amide bonds. The molecular formula is C14H24N2OS. The van der Waals surface area contributed by atoms with E-state index >= 15 is 0 Å². The maximum absolute atomic E-state index is 12.5. The molecule has 18 heavy (non-hydrogen) atoms. The van der Waals surface area contributed by atoms with E-state index in [0.717, 1.165) is 31.3 Å². The first-order chi connectivity index (χ1) is 8.78. The number of thioether (sulfide) groups is 1. The summed E-state index contributed by atoms with van der Waals surface area (Å²) in [6, 6.07) is 0.0797. The van der Waals surface area contributed by atoms with Crippen LogP contribution in [0.25, 0.3) is 0 Å². The van der Waals surface area contributed by atoms with E-state index in [1.807, 2.05) is 7.05 Å². The van der Waals surface area contributed by atoms with Crippen LogP contribution in [0.4, 0.5) is 0 Å². The van der Waals surface area contributed by atoms with Gasteiger partial charge in [-0.1, -0.05) is 6.42 Å². The molecular weight excluding hydrogens is 244 g/mol. The normalized spacial score (nSPS) is 40.3. The summed E-state index contributed by atoms with van der Waals surface area (Å²) in [6.45, 7) is 2.02. The predicted octanol–water partition coefficient (Wildman–Crippen LogP) is 1.73. The van der Waals surface area contributed by atoms with Crippen molar-refractivity contribution < 1.29 is 4.79 Å². The topological polar surface area (TPSA) is 32.3 Å². The molecule has 4 heteroatoms. The molecule has 4 atom stereocenters. The summed E-state index contributed by atoms with van der Waals surface area (Å²) in [4.78, 5) is 14.6. The Bertz CT molecular complexity index is 317. The summed E-state index contributed by atoms with van der Waals surface area (Å²) in [6.07, 6.45) is 6.42. The van der Waals surface area contributed by atoms with Gasteiger partial charge in [0, 0.05) is 18.3 Å². The van der Waals surface area contributed by atoms with Gasteiger partial charge in [-0.25, -0.2) is 0 Å². The van der Waals surface area contributed by atoms with Crippen LogP contribution in [0.15, 0.2) is 0 Å². The van der Waals surface area contributed by atoms with Gasteiger partial charge in [-0.15, -0.1) is 0 Å². The van der Waals surface area contributed by atoms with Crippen LogP contribution in [0.3, 0.4) is 0 Å². The van der Waals surface area contributed by atoms with Crippen molar-refractivity contribution in [1.29, 1.82) is 0 Å². The molecule has 0 aromatic rings. The maximum Gasteiger partial charge on any atom is 0.239 e. The van der Waals surface area contributed by atoms with Crippen molar-refractivity contribution in [2.75, 3.05) is 25.9 Å². The van der Waals surface area contributed by atoms with Crippen molar-refractivity contribution in [3.63, 3.8) is 0 Å². The minimum absolute atomic E-state index is 0.0797. The summed E-state index contributed by atoms with van der Waals surface area (Å²) in [5, 5.41) is 3.91. The average molecular weight is 268 g/mol. The number of rotatable bonds is 3. The molecule has 1 N–H and O–H groups in total. The van der Waals surface area contributed by atoms with E-state index < -0.39 is 0 Å². The second-order valence-corrected chi connectivity index (χ2v) is 7.47. The molecule has 2 aliphatic heterocycles. The molecule has 0 aromatic carbocycles. The fourth-order valence-electron chi connectivity index (χ4n) is 3.42. The smallest absolute Gasteiger partial charge is 0.239 e. The second kappa shape index (κ2) is 5.41. The minimum atomic E-state index is 0.0797. The molecule has 3 rings (SSSR count). The molecule has 102 valence electrons. The fraction of sp³-hybridized carbons (Fsp3) is 0.929. The van der Waals surface area contributed by atoms with Crippen LogP contribution in [-0.4, -0.2) is 48.0 Å². The molecule has 3 fully saturated rings. The third-order valence-corrected chi connectivity index (χ3v) is 6.10. The number of hydrogen-bond donors (Lipinski definition) is 1. The highest BCUT2D eigenvalue weighted by Crippen LogP contribution is 2.45. The summed E-state index contributed by atoms with van der Waals surface area (Å²) < 4.78 is 0. The average Bonchev–Trinajstić information content (AvgIpc) is 3.14. The van der Waals surface area contributed by atoms with E-state index in [9.17, 15) is 4.79 Å². The molecule has 0 spiro atoms. The quantitative estimate of drug-likeness (QED) is 0.846. The van der Waals surface area contributed by atoms with Crippen molar-refractivity contribution in [3.8, 4) is 0 Å². The molecule has 3 aliphatic rings. The fourth-order valence-corrected chi connectivity index (χ4v) is 4.75. The summed E-state index contributed by atoms with van der Waals surface area (Å²) in [7, 11) is 1.93. The Labute approximate surface area is 114 Å². The predicted molar refractivity (Wildman–Crippen MR) is 75.7 cm³/mol. The number of amides is 1. The molecule has 0 aromatic heterocycles. The SMILES string of the molecule is CNC1CC2CC2CN(CC2CCCCS2)C1=O. The molecule has 2 heterocycles. The van der Waals surface area contributed by atoms with Crippen LogP contribution in [0.1, 0.15) is 32.1 Å². The number of carbonyl (C=O) groups is 1. The van der Waals surface area contributed by atoms with E-state index in [2.05, 4.69) is 22.0 Å². The van der Waals surface area contributed by atoms with Gasteiger partial charge in [0.2, 0.25) is 5.91 Å². The second-order valence-electron chi connectivity index (χ2n) is 6.06. The van der Waals surface area contributed by atoms with Crippen molar-refractivity contribution in [1.82, 2.24) is 10.2 Å². The van der Waals surface area contributed by atoms with Gasteiger partial charge in [-0.2, -0.15) is 11.8 Å². The lowest BCUT2D eigenvalue weighted by Crippen LogP contribution is -2.47. The number of carbonyl (C=O) groups excluding carboxylic acids is 1. The van der Waals surface area contributed by atoms with Crippen LogP contribution in [0.2, 0.25) is 0 Å². The van der Waals surface area contributed by atoms with Crippen molar-refractivity contribution in [3.05, 3.63) is 0 Å². The zero-order chi connectivity index (χ0) is 12.5. The lowest BCUT2D eigenvalue weighted by Gasteiger charge is -2.31. The van der Waals surface area contributed by atoms with Gasteiger partial charge in [0.25, 0.3) is 0 Å². The largest absolute Gasteiger partial charge is 0.340 e. The summed E-state index contributed by atoms with van der Waals surface area (Å²) >= 11 is 2.08. The molecule has 0 radical (unpaired) electrons. The first kappa shape index (κ1) is 12.8. The highest BCUT2D eigenvalue weighted by atomic mass is 32.2. The van der Waals surface area contributed by atoms with E-state index in [4.69, 9.17) is 0 Å². The van der Waals surface area contributed by atoms with Crippen molar-refractivity contribution in [2.24, 2.45) is 11.8 Å². The third kappa shape index (κ3) is 2.69. The van der Waals surface area contributed by atoms with Crippen LogP contribution < -0.4 is 5.32 Å². The van der Waals surface area contributed by atoms with Gasteiger partial charge in [-0.05, 0) is 50.3 Å². The Kier molecular flexibility index (Phi) is 3.85. The van der Waals surface area contributed by atoms with Crippen LogP contribution >= 0.6 is 11.8 Å². The number of likely N-dealkylation sites (tertiary alicyclic amines) is 1. The van der Waals surface area contributed by atoms with Crippen LogP contribution in [0.5, 0.6) is 0 Å². The van der Waals surface area contributed by atoms with Gasteiger partial charge >= 0.3 is 0 Å². The monoisotopic (exact) mass is 268 g/mol. The van der Waals surface area contributed by atoms with Crippen molar-refractivity contribution >= 4 is 17.7 Å². The molecule has 1 saturated carbocycles. The summed E-state index contributed by atoms with van der Waals surface area (Å²) in [5.41, 5.74) is 0. The maximum atomic E-state index is 12.5. The first-order valence-corrected chi connectivity index (χ1v) is 8.40. The highest BCUT2D eigenvalue weighted by molar-refractivity contribution is 7.99. The van der Waals surface area contributed by atoms with Crippen LogP contribution in [-0.2, 0) is 4.79 Å². The Morgan fingerprint density at radius 3 is 2.94 bits per heavy atom. The molecule has 2 saturated heterocycles. The van der Waals surface area contributed by atoms with Gasteiger partial charge in [-0.3, -0.25) is 4.79 Å². The lowest BCUT2D eigenvalue weighted by atomic mass is 10.1. The van der Waals surface area contributed by atoms with E-state index in [0.29, 0.717) is 11.2 Å². The zero-order valence-electron chi connectivity index (χ0n) is 11.2. The van der Waals surface area contributed by atoms with E-state index in [-0.39, 0.29) is 6.04 Å². The third-order valence-electron chi connectivity index (χ3n) is 4.72. The van der Waals surface area contributed by atoms with Crippen LogP contribution in [0, 0.1) is 11.8 Å². The number of likely N-dealkylation sites (N-methyl/N-ethyl adjacent to an activating group) is 1. The van der Waals surface area contributed by atoms with Gasteiger partial charge in [0.15, 0.2) is 0 Å². The Balaban J connectivity index is 1.63. The Morgan fingerprint density at radius 2 is 2.22 bits per heavy atom. The zero-order valence-corrected chi connectivity index (χ0v) is 12.0. The highest BCUT2D eigenvalue weighted by Gasteiger charge is 2.45. The molecule has 1 aliphatic carbocycles. The minimum Gasteiger partial charge on any atom is -0.340 e. The number of hydrogen-bond acceptors (Lipinski definition) is 3. The lowest BCUT2D eigenvalue weighted by molar-refractivity contribution is -0.133. The number of nitrogens with one attached hydrogen (secondary N) is 1. The van der Waals surface area contributed by atoms with Gasteiger partial charge < -0.3 is 10.2 Å².